The Morgan fingerprint density at radius 3 is 2.86 bits per heavy atom. The molecular formula is C8H6ClF2NO2. The van der Waals surface area contributed by atoms with Gasteiger partial charge in [0.25, 0.3) is 0 Å². The lowest BCUT2D eigenvalue weighted by atomic mass is 10.3. The smallest absolute Gasteiger partial charge is 0.358 e. The van der Waals surface area contributed by atoms with Crippen LogP contribution in [0.1, 0.15) is 17.4 Å². The van der Waals surface area contributed by atoms with Gasteiger partial charge in [0.2, 0.25) is 5.95 Å². The second kappa shape index (κ2) is 4.32. The summed E-state index contributed by atoms with van der Waals surface area (Å²) in [5.74, 6) is -3.46. The van der Waals surface area contributed by atoms with Crippen molar-refractivity contribution in [3.8, 4) is 0 Å². The molecular weight excluding hydrogens is 216 g/mol. The van der Waals surface area contributed by atoms with Gasteiger partial charge < -0.3 is 4.74 Å². The van der Waals surface area contributed by atoms with Gasteiger partial charge in [0.05, 0.1) is 11.6 Å². The van der Waals surface area contributed by atoms with Crippen molar-refractivity contribution < 1.29 is 18.3 Å². The van der Waals surface area contributed by atoms with E-state index < -0.39 is 23.4 Å². The molecule has 1 rings (SSSR count). The number of carbonyl (C=O) groups excluding carboxylic acids is 1. The van der Waals surface area contributed by atoms with Crippen molar-refractivity contribution in [3.63, 3.8) is 0 Å². The van der Waals surface area contributed by atoms with Gasteiger partial charge in [-0.05, 0) is 13.0 Å². The predicted molar refractivity (Wildman–Crippen MR) is 45.1 cm³/mol. The van der Waals surface area contributed by atoms with Crippen LogP contribution in [0, 0.1) is 11.8 Å². The highest BCUT2D eigenvalue weighted by Gasteiger charge is 2.17. The largest absolute Gasteiger partial charge is 0.461 e. The van der Waals surface area contributed by atoms with Crippen LogP contribution in [0.3, 0.4) is 0 Å². The van der Waals surface area contributed by atoms with Crippen LogP contribution in [0.25, 0.3) is 0 Å². The summed E-state index contributed by atoms with van der Waals surface area (Å²) in [5.41, 5.74) is -0.424. The lowest BCUT2D eigenvalue weighted by molar-refractivity contribution is 0.0518. The van der Waals surface area contributed by atoms with Gasteiger partial charge in [0, 0.05) is 0 Å². The highest BCUT2D eigenvalue weighted by atomic mass is 35.5. The highest BCUT2D eigenvalue weighted by molar-refractivity contribution is 6.33. The van der Waals surface area contributed by atoms with Crippen LogP contribution in [0.15, 0.2) is 6.07 Å². The second-order valence-electron chi connectivity index (χ2n) is 2.31. The minimum atomic E-state index is -1.38. The Bertz CT molecular complexity index is 371. The quantitative estimate of drug-likeness (QED) is 0.568. The number of hydrogen-bond acceptors (Lipinski definition) is 3. The average molecular weight is 222 g/mol. The molecule has 3 nitrogen and oxygen atoms in total. The molecule has 0 spiro atoms. The van der Waals surface area contributed by atoms with E-state index in [2.05, 4.69) is 9.72 Å². The Hall–Kier alpha value is -1.23. The highest BCUT2D eigenvalue weighted by Crippen LogP contribution is 2.17. The molecule has 1 aromatic heterocycles. The van der Waals surface area contributed by atoms with Crippen LogP contribution >= 0.6 is 11.6 Å². The molecule has 0 bridgehead atoms. The number of esters is 1. The van der Waals surface area contributed by atoms with Gasteiger partial charge >= 0.3 is 5.97 Å². The predicted octanol–water partition coefficient (Wildman–Crippen LogP) is 2.19. The van der Waals surface area contributed by atoms with E-state index >= 15 is 0 Å². The molecule has 76 valence electrons. The van der Waals surface area contributed by atoms with Crippen LogP contribution < -0.4 is 0 Å². The van der Waals surface area contributed by atoms with E-state index in [1.165, 1.54) is 0 Å². The van der Waals surface area contributed by atoms with Gasteiger partial charge in [0.15, 0.2) is 11.5 Å². The Kier molecular flexibility index (Phi) is 3.35. The number of carbonyl (C=O) groups is 1. The average Bonchev–Trinajstić information content (AvgIpc) is 2.11. The zero-order chi connectivity index (χ0) is 10.7. The summed E-state index contributed by atoms with van der Waals surface area (Å²) in [5, 5.41) is -0.276. The third-order valence-electron chi connectivity index (χ3n) is 1.36. The standard InChI is InChI=1S/C8H6ClF2NO2/c1-2-14-8(13)6-4(9)3-5(10)7(11)12-6/h3H,2H2,1H3. The molecule has 0 fully saturated rings. The monoisotopic (exact) mass is 221 g/mol. The van der Waals surface area contributed by atoms with E-state index in [0.717, 1.165) is 0 Å². The molecule has 0 aliphatic rings. The van der Waals surface area contributed by atoms with Crippen molar-refractivity contribution in [1.82, 2.24) is 4.98 Å². The number of hydrogen-bond donors (Lipinski definition) is 0. The molecule has 0 aliphatic heterocycles. The van der Waals surface area contributed by atoms with Crippen molar-refractivity contribution in [3.05, 3.63) is 28.5 Å². The molecule has 0 radical (unpaired) electrons. The summed E-state index contributed by atoms with van der Waals surface area (Å²) in [4.78, 5) is 14.1. The van der Waals surface area contributed by atoms with Gasteiger partial charge in [-0.1, -0.05) is 11.6 Å². The lowest BCUT2D eigenvalue weighted by Crippen LogP contribution is -2.09. The third kappa shape index (κ3) is 2.17. The van der Waals surface area contributed by atoms with Crippen LogP contribution in [0.4, 0.5) is 8.78 Å². The van der Waals surface area contributed by atoms with Crippen LogP contribution in [-0.4, -0.2) is 17.6 Å². The van der Waals surface area contributed by atoms with E-state index in [1.54, 1.807) is 6.92 Å². The topological polar surface area (TPSA) is 39.2 Å². The second-order valence-corrected chi connectivity index (χ2v) is 2.72. The molecule has 1 aromatic rings. The van der Waals surface area contributed by atoms with E-state index in [9.17, 15) is 13.6 Å². The summed E-state index contributed by atoms with van der Waals surface area (Å²) in [7, 11) is 0. The fourth-order valence-electron chi connectivity index (χ4n) is 0.787. The fraction of sp³-hybridized carbons (Fsp3) is 0.250. The normalized spacial score (nSPS) is 10.0. The van der Waals surface area contributed by atoms with Gasteiger partial charge in [0.1, 0.15) is 0 Å². The number of ether oxygens (including phenoxy) is 1. The van der Waals surface area contributed by atoms with Crippen molar-refractivity contribution >= 4 is 17.6 Å². The minimum Gasteiger partial charge on any atom is -0.461 e. The maximum atomic E-state index is 12.6. The van der Waals surface area contributed by atoms with E-state index in [0.29, 0.717) is 6.07 Å². The number of nitrogens with zero attached hydrogens (tertiary/aromatic N) is 1. The Morgan fingerprint density at radius 1 is 1.64 bits per heavy atom. The molecule has 0 N–H and O–H groups in total. The molecule has 0 saturated heterocycles. The maximum absolute atomic E-state index is 12.6. The first kappa shape index (κ1) is 10.8. The summed E-state index contributed by atoms with van der Waals surface area (Å²) in [6, 6.07) is 0.677. The van der Waals surface area contributed by atoms with Gasteiger partial charge in [-0.2, -0.15) is 4.39 Å². The van der Waals surface area contributed by atoms with Crippen molar-refractivity contribution in [2.45, 2.75) is 6.92 Å². The van der Waals surface area contributed by atoms with E-state index in [-0.39, 0.29) is 11.6 Å². The maximum Gasteiger partial charge on any atom is 0.358 e. The number of rotatable bonds is 2. The van der Waals surface area contributed by atoms with E-state index in [1.807, 2.05) is 0 Å². The SMILES string of the molecule is CCOC(=O)c1nc(F)c(F)cc1Cl. The zero-order valence-corrected chi connectivity index (χ0v) is 7.94. The molecule has 0 aromatic carbocycles. The molecule has 0 saturated carbocycles. The molecule has 0 aliphatic carbocycles. The lowest BCUT2D eigenvalue weighted by Gasteiger charge is -2.03. The zero-order valence-electron chi connectivity index (χ0n) is 7.18. The minimum absolute atomic E-state index is 0.107. The van der Waals surface area contributed by atoms with E-state index in [4.69, 9.17) is 11.6 Å². The summed E-state index contributed by atoms with van der Waals surface area (Å²) >= 11 is 5.46. The first-order valence-corrected chi connectivity index (χ1v) is 4.12. The fourth-order valence-corrected chi connectivity index (χ4v) is 1.00. The van der Waals surface area contributed by atoms with Crippen molar-refractivity contribution in [2.75, 3.05) is 6.61 Å². The van der Waals surface area contributed by atoms with Gasteiger partial charge in [-0.25, -0.2) is 14.2 Å². The summed E-state index contributed by atoms with van der Waals surface area (Å²) in [6.45, 7) is 1.68. The molecule has 1 heterocycles. The third-order valence-corrected chi connectivity index (χ3v) is 1.64. The van der Waals surface area contributed by atoms with Crippen LogP contribution in [-0.2, 0) is 4.74 Å². The van der Waals surface area contributed by atoms with Crippen LogP contribution in [0.2, 0.25) is 5.02 Å². The Labute approximate surface area is 83.7 Å². The van der Waals surface area contributed by atoms with Crippen molar-refractivity contribution in [1.29, 1.82) is 0 Å². The Balaban J connectivity index is 3.09. The number of halogens is 3. The summed E-state index contributed by atoms with van der Waals surface area (Å²) < 4.78 is 29.7. The molecule has 6 heteroatoms. The van der Waals surface area contributed by atoms with Gasteiger partial charge in [-0.15, -0.1) is 0 Å². The molecule has 0 amide bonds. The Morgan fingerprint density at radius 2 is 2.29 bits per heavy atom. The molecule has 14 heavy (non-hydrogen) atoms. The van der Waals surface area contributed by atoms with Crippen LogP contribution in [0.5, 0.6) is 0 Å². The first-order valence-electron chi connectivity index (χ1n) is 3.75. The van der Waals surface area contributed by atoms with Gasteiger partial charge in [-0.3, -0.25) is 0 Å². The molecule has 0 atom stereocenters. The molecule has 0 unspecified atom stereocenters. The summed E-state index contributed by atoms with van der Waals surface area (Å²) in [6.07, 6.45) is 0. The number of pyridine rings is 1. The van der Waals surface area contributed by atoms with Crippen molar-refractivity contribution in [2.24, 2.45) is 0 Å². The first-order chi connectivity index (χ1) is 6.56. The number of aromatic nitrogens is 1.